The second kappa shape index (κ2) is 8.41. The van der Waals surface area contributed by atoms with Crippen LogP contribution in [0.1, 0.15) is 52.8 Å². The van der Waals surface area contributed by atoms with E-state index >= 15 is 0 Å². The standard InChI is InChI=1S/C21H29N5O2/c1-3-26-20-7-10-28-14-18(20)19(24-26)13-25-9-4-5-17(12-25)23-21(27)16-6-8-22-15(2)11-16/h6,8,11,17H,3-5,7,9-10,12-14H2,1-2H3,(H,23,27). The van der Waals surface area contributed by atoms with Crippen LogP contribution in [0.3, 0.4) is 0 Å². The van der Waals surface area contributed by atoms with E-state index in [9.17, 15) is 4.79 Å². The number of hydrogen-bond acceptors (Lipinski definition) is 5. The monoisotopic (exact) mass is 383 g/mol. The lowest BCUT2D eigenvalue weighted by Crippen LogP contribution is -2.47. The van der Waals surface area contributed by atoms with Crippen molar-refractivity contribution in [1.29, 1.82) is 0 Å². The highest BCUT2D eigenvalue weighted by atomic mass is 16.5. The molecular formula is C21H29N5O2. The van der Waals surface area contributed by atoms with E-state index in [0.717, 1.165) is 63.4 Å². The summed E-state index contributed by atoms with van der Waals surface area (Å²) in [5.74, 6) is -0.0154. The Morgan fingerprint density at radius 3 is 3.14 bits per heavy atom. The van der Waals surface area contributed by atoms with Crippen molar-refractivity contribution in [3.05, 3.63) is 46.5 Å². The molecule has 1 saturated heterocycles. The number of aryl methyl sites for hydroxylation is 2. The summed E-state index contributed by atoms with van der Waals surface area (Å²) < 4.78 is 7.81. The van der Waals surface area contributed by atoms with E-state index in [1.165, 1.54) is 11.3 Å². The molecule has 1 fully saturated rings. The summed E-state index contributed by atoms with van der Waals surface area (Å²) in [6.07, 6.45) is 4.72. The molecule has 0 saturated carbocycles. The molecule has 1 atom stereocenters. The van der Waals surface area contributed by atoms with Crippen LogP contribution in [0.4, 0.5) is 0 Å². The topological polar surface area (TPSA) is 72.3 Å². The first-order chi connectivity index (χ1) is 13.6. The normalized spacial score (nSPS) is 20.0. The minimum absolute atomic E-state index is 0.0154. The summed E-state index contributed by atoms with van der Waals surface area (Å²) in [5, 5.41) is 8.05. The number of hydrogen-bond donors (Lipinski definition) is 1. The van der Waals surface area contributed by atoms with Crippen molar-refractivity contribution in [1.82, 2.24) is 25.0 Å². The van der Waals surface area contributed by atoms with Crippen molar-refractivity contribution in [3.8, 4) is 0 Å². The van der Waals surface area contributed by atoms with Crippen LogP contribution >= 0.6 is 0 Å². The zero-order valence-corrected chi connectivity index (χ0v) is 16.8. The van der Waals surface area contributed by atoms with Gasteiger partial charge < -0.3 is 10.1 Å². The van der Waals surface area contributed by atoms with Crippen LogP contribution in [0, 0.1) is 6.92 Å². The SMILES string of the molecule is CCn1nc(CN2CCCC(NC(=O)c3ccnc(C)c3)C2)c2c1CCOC2. The maximum atomic E-state index is 12.6. The van der Waals surface area contributed by atoms with E-state index in [4.69, 9.17) is 9.84 Å². The minimum Gasteiger partial charge on any atom is -0.376 e. The molecule has 1 unspecified atom stereocenters. The maximum Gasteiger partial charge on any atom is 0.251 e. The largest absolute Gasteiger partial charge is 0.376 e. The van der Waals surface area contributed by atoms with Crippen LogP contribution < -0.4 is 5.32 Å². The molecule has 4 rings (SSSR count). The Labute approximate surface area is 166 Å². The molecule has 0 bridgehead atoms. The number of likely N-dealkylation sites (tertiary alicyclic amines) is 1. The molecule has 2 aliphatic rings. The Hall–Kier alpha value is -2.25. The van der Waals surface area contributed by atoms with Gasteiger partial charge in [0.25, 0.3) is 5.91 Å². The fourth-order valence-electron chi connectivity index (χ4n) is 4.25. The van der Waals surface area contributed by atoms with Crippen LogP contribution in [0.25, 0.3) is 0 Å². The van der Waals surface area contributed by atoms with E-state index in [1.54, 1.807) is 12.3 Å². The first-order valence-electron chi connectivity index (χ1n) is 10.2. The minimum atomic E-state index is -0.0154. The van der Waals surface area contributed by atoms with Crippen molar-refractivity contribution >= 4 is 5.91 Å². The van der Waals surface area contributed by atoms with E-state index in [0.29, 0.717) is 12.2 Å². The van der Waals surface area contributed by atoms with Crippen LogP contribution in [0.5, 0.6) is 0 Å². The van der Waals surface area contributed by atoms with Gasteiger partial charge in [-0.2, -0.15) is 5.10 Å². The van der Waals surface area contributed by atoms with Gasteiger partial charge in [-0.1, -0.05) is 0 Å². The summed E-state index contributed by atoms with van der Waals surface area (Å²) in [6.45, 7) is 9.09. The average molecular weight is 383 g/mol. The van der Waals surface area contributed by atoms with Gasteiger partial charge in [0.05, 0.1) is 18.9 Å². The number of pyridine rings is 1. The van der Waals surface area contributed by atoms with Crippen molar-refractivity contribution in [3.63, 3.8) is 0 Å². The second-order valence-electron chi connectivity index (χ2n) is 7.72. The Bertz CT molecular complexity index is 847. The third-order valence-electron chi connectivity index (χ3n) is 5.65. The van der Waals surface area contributed by atoms with Gasteiger partial charge in [-0.05, 0) is 45.4 Å². The molecule has 0 spiro atoms. The molecule has 2 aliphatic heterocycles. The quantitative estimate of drug-likeness (QED) is 0.856. The summed E-state index contributed by atoms with van der Waals surface area (Å²) in [6, 6.07) is 3.77. The van der Waals surface area contributed by atoms with E-state index in [-0.39, 0.29) is 11.9 Å². The number of carbonyl (C=O) groups excluding carboxylic acids is 1. The van der Waals surface area contributed by atoms with Crippen molar-refractivity contribution in [2.45, 2.75) is 58.8 Å². The second-order valence-corrected chi connectivity index (χ2v) is 7.72. The van der Waals surface area contributed by atoms with Gasteiger partial charge in [-0.15, -0.1) is 0 Å². The maximum absolute atomic E-state index is 12.6. The molecule has 0 aromatic carbocycles. The number of aromatic nitrogens is 3. The smallest absolute Gasteiger partial charge is 0.251 e. The van der Waals surface area contributed by atoms with Crippen molar-refractivity contribution < 1.29 is 9.53 Å². The Morgan fingerprint density at radius 2 is 2.32 bits per heavy atom. The molecule has 2 aromatic rings. The van der Waals surface area contributed by atoms with Gasteiger partial charge in [0.15, 0.2) is 0 Å². The molecule has 7 nitrogen and oxygen atoms in total. The van der Waals surface area contributed by atoms with E-state index in [1.807, 2.05) is 13.0 Å². The summed E-state index contributed by atoms with van der Waals surface area (Å²) >= 11 is 0. The van der Waals surface area contributed by atoms with Crippen LogP contribution in [-0.2, 0) is 30.9 Å². The highest BCUT2D eigenvalue weighted by molar-refractivity contribution is 5.94. The number of piperidine rings is 1. The highest BCUT2D eigenvalue weighted by Crippen LogP contribution is 2.23. The van der Waals surface area contributed by atoms with Gasteiger partial charge >= 0.3 is 0 Å². The fourth-order valence-corrected chi connectivity index (χ4v) is 4.25. The summed E-state index contributed by atoms with van der Waals surface area (Å²) in [4.78, 5) is 19.1. The van der Waals surface area contributed by atoms with Gasteiger partial charge in [-0.25, -0.2) is 0 Å². The zero-order valence-electron chi connectivity index (χ0n) is 16.8. The molecule has 1 amide bonds. The van der Waals surface area contributed by atoms with Crippen LogP contribution in [-0.4, -0.2) is 51.3 Å². The third kappa shape index (κ3) is 4.10. The number of carbonyl (C=O) groups is 1. The third-order valence-corrected chi connectivity index (χ3v) is 5.65. The van der Waals surface area contributed by atoms with E-state index in [2.05, 4.69) is 26.8 Å². The Morgan fingerprint density at radius 1 is 1.43 bits per heavy atom. The zero-order chi connectivity index (χ0) is 19.5. The van der Waals surface area contributed by atoms with Gasteiger partial charge in [0, 0.05) is 60.8 Å². The lowest BCUT2D eigenvalue weighted by atomic mass is 10.0. The van der Waals surface area contributed by atoms with Gasteiger partial charge in [-0.3, -0.25) is 19.4 Å². The average Bonchev–Trinajstić information content (AvgIpc) is 3.06. The lowest BCUT2D eigenvalue weighted by molar-refractivity contribution is 0.0898. The van der Waals surface area contributed by atoms with Crippen molar-refractivity contribution in [2.24, 2.45) is 0 Å². The summed E-state index contributed by atoms with van der Waals surface area (Å²) in [7, 11) is 0. The molecule has 2 aromatic heterocycles. The molecule has 4 heterocycles. The molecule has 0 radical (unpaired) electrons. The molecule has 1 N–H and O–H groups in total. The van der Waals surface area contributed by atoms with E-state index < -0.39 is 0 Å². The first-order valence-corrected chi connectivity index (χ1v) is 10.2. The number of rotatable bonds is 5. The number of ether oxygens (including phenoxy) is 1. The lowest BCUT2D eigenvalue weighted by Gasteiger charge is -2.33. The molecule has 0 aliphatic carbocycles. The number of nitrogens with zero attached hydrogens (tertiary/aromatic N) is 4. The number of fused-ring (bicyclic) bond motifs is 1. The number of amides is 1. The highest BCUT2D eigenvalue weighted by Gasteiger charge is 2.26. The Balaban J connectivity index is 1.40. The molecule has 150 valence electrons. The summed E-state index contributed by atoms with van der Waals surface area (Å²) in [5.41, 5.74) is 5.27. The predicted octanol–water partition coefficient (Wildman–Crippen LogP) is 2.07. The van der Waals surface area contributed by atoms with Crippen LogP contribution in [0.2, 0.25) is 0 Å². The predicted molar refractivity (Wildman–Crippen MR) is 106 cm³/mol. The fraction of sp³-hybridized carbons (Fsp3) is 0.571. The van der Waals surface area contributed by atoms with Crippen LogP contribution in [0.15, 0.2) is 18.3 Å². The van der Waals surface area contributed by atoms with Gasteiger partial charge in [0.2, 0.25) is 0 Å². The van der Waals surface area contributed by atoms with Crippen molar-refractivity contribution in [2.75, 3.05) is 19.7 Å². The van der Waals surface area contributed by atoms with Gasteiger partial charge in [0.1, 0.15) is 0 Å². The molecular weight excluding hydrogens is 354 g/mol. The first kappa shape index (κ1) is 19.1. The Kier molecular flexibility index (Phi) is 5.73. The molecule has 7 heteroatoms. The number of nitrogens with one attached hydrogen (secondary N) is 1. The molecule has 28 heavy (non-hydrogen) atoms.